The molecule has 26 heavy (non-hydrogen) atoms. The Morgan fingerprint density at radius 3 is 2.65 bits per heavy atom. The first kappa shape index (κ1) is 17.7. The zero-order valence-electron chi connectivity index (χ0n) is 15.0. The predicted molar refractivity (Wildman–Crippen MR) is 99.7 cm³/mol. The Morgan fingerprint density at radius 1 is 1.15 bits per heavy atom. The Labute approximate surface area is 152 Å². The van der Waals surface area contributed by atoms with E-state index >= 15 is 0 Å². The molecule has 3 aromatic rings. The molecule has 7 nitrogen and oxygen atoms in total. The summed E-state index contributed by atoms with van der Waals surface area (Å²) in [4.78, 5) is 8.55. The molecule has 1 aromatic carbocycles. The molecule has 2 heterocycles. The third kappa shape index (κ3) is 4.72. The highest BCUT2D eigenvalue weighted by atomic mass is 16.5. The molecule has 0 fully saturated rings. The summed E-state index contributed by atoms with van der Waals surface area (Å²) in [7, 11) is 1.75. The molecular formula is C19H23N5O2. The van der Waals surface area contributed by atoms with Crippen molar-refractivity contribution in [2.45, 2.75) is 26.3 Å². The highest BCUT2D eigenvalue weighted by molar-refractivity contribution is 5.79. The van der Waals surface area contributed by atoms with E-state index in [1.165, 1.54) is 5.56 Å². The van der Waals surface area contributed by atoms with Crippen LogP contribution in [0, 0.1) is 0 Å². The van der Waals surface area contributed by atoms with E-state index in [1.807, 2.05) is 31.2 Å². The summed E-state index contributed by atoms with van der Waals surface area (Å²) in [6.07, 6.45) is 3.31. The second-order valence-electron chi connectivity index (χ2n) is 5.75. The molecule has 0 aliphatic rings. The van der Waals surface area contributed by atoms with Crippen molar-refractivity contribution in [2.75, 3.05) is 13.6 Å². The third-order valence-electron chi connectivity index (χ3n) is 3.93. The van der Waals surface area contributed by atoms with Gasteiger partial charge < -0.3 is 19.6 Å². The van der Waals surface area contributed by atoms with Gasteiger partial charge >= 0.3 is 0 Å². The molecule has 0 unspecified atom stereocenters. The molecule has 0 atom stereocenters. The zero-order chi connectivity index (χ0) is 18.2. The van der Waals surface area contributed by atoms with Gasteiger partial charge in [0.25, 0.3) is 5.89 Å². The average molecular weight is 353 g/mol. The molecule has 0 aliphatic carbocycles. The van der Waals surface area contributed by atoms with Crippen molar-refractivity contribution >= 4 is 5.96 Å². The summed E-state index contributed by atoms with van der Waals surface area (Å²) in [5.74, 6) is 2.91. The second-order valence-corrected chi connectivity index (χ2v) is 5.75. The van der Waals surface area contributed by atoms with Crippen molar-refractivity contribution in [3.8, 4) is 11.5 Å². The van der Waals surface area contributed by atoms with Crippen molar-refractivity contribution in [3.63, 3.8) is 0 Å². The molecule has 2 aromatic heterocycles. The Hall–Kier alpha value is -3.09. The van der Waals surface area contributed by atoms with Crippen LogP contribution < -0.4 is 10.6 Å². The molecular weight excluding hydrogens is 330 g/mol. The van der Waals surface area contributed by atoms with Crippen LogP contribution in [0.1, 0.15) is 24.1 Å². The molecule has 0 spiro atoms. The maximum atomic E-state index is 5.30. The Balaban J connectivity index is 1.46. The monoisotopic (exact) mass is 353 g/mol. The summed E-state index contributed by atoms with van der Waals surface area (Å²) in [6.45, 7) is 3.38. The van der Waals surface area contributed by atoms with Gasteiger partial charge in [-0.3, -0.25) is 4.99 Å². The largest absolute Gasteiger partial charge is 0.467 e. The maximum Gasteiger partial charge on any atom is 0.257 e. The van der Waals surface area contributed by atoms with E-state index in [9.17, 15) is 0 Å². The van der Waals surface area contributed by atoms with Crippen LogP contribution in [-0.4, -0.2) is 29.7 Å². The van der Waals surface area contributed by atoms with Crippen LogP contribution in [0.2, 0.25) is 0 Å². The van der Waals surface area contributed by atoms with Gasteiger partial charge in [-0.15, -0.1) is 0 Å². The number of nitrogens with one attached hydrogen (secondary N) is 2. The van der Waals surface area contributed by atoms with Gasteiger partial charge in [-0.1, -0.05) is 24.2 Å². The van der Waals surface area contributed by atoms with Gasteiger partial charge in [0, 0.05) is 25.6 Å². The normalized spacial score (nSPS) is 11.5. The summed E-state index contributed by atoms with van der Waals surface area (Å²) in [5, 5.41) is 10.4. The van der Waals surface area contributed by atoms with Gasteiger partial charge in [-0.25, -0.2) is 0 Å². The zero-order valence-corrected chi connectivity index (χ0v) is 15.0. The first-order valence-electron chi connectivity index (χ1n) is 8.67. The Morgan fingerprint density at radius 2 is 2.00 bits per heavy atom. The van der Waals surface area contributed by atoms with Crippen molar-refractivity contribution in [3.05, 3.63) is 59.8 Å². The van der Waals surface area contributed by atoms with E-state index in [4.69, 9.17) is 8.94 Å². The number of guanidine groups is 1. The number of hydrogen-bond acceptors (Lipinski definition) is 5. The number of aromatic nitrogens is 2. The molecule has 3 rings (SSSR count). The molecule has 0 bridgehead atoms. The van der Waals surface area contributed by atoms with Crippen LogP contribution >= 0.6 is 0 Å². The average Bonchev–Trinajstić information content (AvgIpc) is 3.36. The van der Waals surface area contributed by atoms with Gasteiger partial charge in [0.1, 0.15) is 5.76 Å². The summed E-state index contributed by atoms with van der Waals surface area (Å²) < 4.78 is 10.6. The topological polar surface area (TPSA) is 88.5 Å². The number of aryl methyl sites for hydroxylation is 1. The lowest BCUT2D eigenvalue weighted by atomic mass is 10.1. The van der Waals surface area contributed by atoms with E-state index in [0.29, 0.717) is 12.4 Å². The van der Waals surface area contributed by atoms with Gasteiger partial charge in [-0.2, -0.15) is 4.98 Å². The number of benzene rings is 1. The Bertz CT molecular complexity index is 822. The minimum atomic E-state index is 0.564. The molecule has 0 amide bonds. The number of aliphatic imine (C=N–C) groups is 1. The summed E-state index contributed by atoms with van der Waals surface area (Å²) >= 11 is 0. The lowest BCUT2D eigenvalue weighted by molar-refractivity contribution is 0.423. The molecule has 0 saturated heterocycles. The molecule has 2 N–H and O–H groups in total. The number of nitrogens with zero attached hydrogens (tertiary/aromatic N) is 3. The lowest BCUT2D eigenvalue weighted by Gasteiger charge is -2.11. The SMILES string of the molecule is CCc1noc(-c2ccc(CCNC(=NC)NCc3ccco3)cc2)n1. The lowest BCUT2D eigenvalue weighted by Crippen LogP contribution is -2.37. The first-order chi connectivity index (χ1) is 12.8. The van der Waals surface area contributed by atoms with Crippen molar-refractivity contribution < 1.29 is 8.94 Å². The highest BCUT2D eigenvalue weighted by Crippen LogP contribution is 2.18. The first-order valence-corrected chi connectivity index (χ1v) is 8.67. The third-order valence-corrected chi connectivity index (χ3v) is 3.93. The van der Waals surface area contributed by atoms with Gasteiger partial charge in [-0.05, 0) is 36.2 Å². The second kappa shape index (κ2) is 8.84. The van der Waals surface area contributed by atoms with Crippen molar-refractivity contribution in [1.82, 2.24) is 20.8 Å². The quantitative estimate of drug-likeness (QED) is 0.502. The van der Waals surface area contributed by atoms with Crippen LogP contribution in [0.15, 0.2) is 56.6 Å². The number of furan rings is 1. The minimum Gasteiger partial charge on any atom is -0.467 e. The fraction of sp³-hybridized carbons (Fsp3) is 0.316. The summed E-state index contributed by atoms with van der Waals surface area (Å²) in [6, 6.07) is 12.0. The van der Waals surface area contributed by atoms with E-state index in [-0.39, 0.29) is 0 Å². The molecule has 0 radical (unpaired) electrons. The van der Waals surface area contributed by atoms with Gasteiger partial charge in [0.15, 0.2) is 11.8 Å². The van der Waals surface area contributed by atoms with Gasteiger partial charge in [0.05, 0.1) is 12.8 Å². The minimum absolute atomic E-state index is 0.564. The smallest absolute Gasteiger partial charge is 0.257 e. The van der Waals surface area contributed by atoms with Crippen molar-refractivity contribution in [1.29, 1.82) is 0 Å². The van der Waals surface area contributed by atoms with E-state index < -0.39 is 0 Å². The molecule has 0 saturated carbocycles. The standard InChI is InChI=1S/C19H23N5O2/c1-3-17-23-18(26-24-17)15-8-6-14(7-9-15)10-11-21-19(20-2)22-13-16-5-4-12-25-16/h4-9,12H,3,10-11,13H2,1-2H3,(H2,20,21,22). The number of hydrogen-bond donors (Lipinski definition) is 2. The van der Waals surface area contributed by atoms with Gasteiger partial charge in [0.2, 0.25) is 0 Å². The van der Waals surface area contributed by atoms with Crippen LogP contribution in [0.5, 0.6) is 0 Å². The van der Waals surface area contributed by atoms with Crippen LogP contribution in [0.25, 0.3) is 11.5 Å². The fourth-order valence-electron chi connectivity index (χ4n) is 2.46. The highest BCUT2D eigenvalue weighted by Gasteiger charge is 2.07. The van der Waals surface area contributed by atoms with Crippen molar-refractivity contribution in [2.24, 2.45) is 4.99 Å². The maximum absolute atomic E-state index is 5.30. The van der Waals surface area contributed by atoms with Crippen LogP contribution in [0.3, 0.4) is 0 Å². The predicted octanol–water partition coefficient (Wildman–Crippen LogP) is 2.80. The number of rotatable bonds is 7. The molecule has 136 valence electrons. The van der Waals surface area contributed by atoms with E-state index in [2.05, 4.69) is 37.9 Å². The Kier molecular flexibility index (Phi) is 6.03. The van der Waals surface area contributed by atoms with E-state index in [1.54, 1.807) is 13.3 Å². The molecule has 0 aliphatic heterocycles. The van der Waals surface area contributed by atoms with Crippen LogP contribution in [0.4, 0.5) is 0 Å². The summed E-state index contributed by atoms with van der Waals surface area (Å²) in [5.41, 5.74) is 2.16. The van der Waals surface area contributed by atoms with Crippen LogP contribution in [-0.2, 0) is 19.4 Å². The fourth-order valence-corrected chi connectivity index (χ4v) is 2.46. The van der Waals surface area contributed by atoms with E-state index in [0.717, 1.165) is 42.5 Å². The molecule has 7 heteroatoms.